The molecule has 0 spiro atoms. The molecule has 5 atom stereocenters. The van der Waals surface area contributed by atoms with Crippen molar-refractivity contribution in [3.8, 4) is 0 Å². The number of aldehydes is 1. The predicted molar refractivity (Wildman–Crippen MR) is 148 cm³/mol. The lowest BCUT2D eigenvalue weighted by molar-refractivity contribution is -0.113. The van der Waals surface area contributed by atoms with E-state index in [1.165, 1.54) is 49.5 Å². The first-order valence-corrected chi connectivity index (χ1v) is 16.3. The van der Waals surface area contributed by atoms with E-state index in [9.17, 15) is 4.79 Å². The molecular formula is C31H52O2Si. The number of fused-ring (bicyclic) bond motifs is 1. The van der Waals surface area contributed by atoms with E-state index in [1.54, 1.807) is 5.57 Å². The third kappa shape index (κ3) is 5.12. The Morgan fingerprint density at radius 3 is 2.21 bits per heavy atom. The van der Waals surface area contributed by atoms with Crippen molar-refractivity contribution in [3.63, 3.8) is 0 Å². The molecule has 0 heterocycles. The van der Waals surface area contributed by atoms with E-state index in [1.807, 2.05) is 0 Å². The van der Waals surface area contributed by atoms with E-state index < -0.39 is 8.32 Å². The maximum atomic E-state index is 11.6. The first kappa shape index (κ1) is 27.7. The van der Waals surface area contributed by atoms with Gasteiger partial charge in [0.2, 0.25) is 8.32 Å². The van der Waals surface area contributed by atoms with Crippen LogP contribution in [0.4, 0.5) is 0 Å². The molecule has 0 unspecified atom stereocenters. The summed E-state index contributed by atoms with van der Waals surface area (Å²) in [6.45, 7) is 23.3. The van der Waals surface area contributed by atoms with Crippen molar-refractivity contribution in [2.75, 3.05) is 0 Å². The van der Waals surface area contributed by atoms with E-state index >= 15 is 0 Å². The minimum atomic E-state index is -1.87. The van der Waals surface area contributed by atoms with Crippen molar-refractivity contribution >= 4 is 14.6 Å². The lowest BCUT2D eigenvalue weighted by atomic mass is 9.61. The summed E-state index contributed by atoms with van der Waals surface area (Å²) >= 11 is 0. The molecule has 0 saturated heterocycles. The average molecular weight is 485 g/mol. The van der Waals surface area contributed by atoms with Gasteiger partial charge in [-0.3, -0.25) is 0 Å². The van der Waals surface area contributed by atoms with Crippen molar-refractivity contribution in [2.24, 2.45) is 23.2 Å². The van der Waals surface area contributed by atoms with E-state index in [-0.39, 0.29) is 11.3 Å². The highest BCUT2D eigenvalue weighted by Crippen LogP contribution is 2.59. The highest BCUT2D eigenvalue weighted by molar-refractivity contribution is 6.77. The maximum absolute atomic E-state index is 11.6. The molecule has 0 bridgehead atoms. The Balaban J connectivity index is 1.80. The Morgan fingerprint density at radius 2 is 1.62 bits per heavy atom. The molecule has 3 aliphatic rings. The number of allylic oxidation sites excluding steroid dienone is 4. The summed E-state index contributed by atoms with van der Waals surface area (Å²) < 4.78 is 7.18. The topological polar surface area (TPSA) is 26.3 Å². The number of carbonyl (C=O) groups excluding carboxylic acids is 1. The summed E-state index contributed by atoms with van der Waals surface area (Å²) in [6, 6.07) is 0. The molecule has 3 heteroatoms. The third-order valence-corrected chi connectivity index (χ3v) is 16.3. The number of rotatable bonds is 8. The van der Waals surface area contributed by atoms with Crippen molar-refractivity contribution in [1.29, 1.82) is 0 Å². The second-order valence-electron chi connectivity index (χ2n) is 12.9. The molecule has 2 nitrogen and oxygen atoms in total. The molecule has 0 amide bonds. The molecule has 0 N–H and O–H groups in total. The van der Waals surface area contributed by atoms with Gasteiger partial charge in [-0.1, -0.05) is 85.3 Å². The SMILES string of the molecule is C=C1CC[C@H](O[Si](C(C)C)(C(C)C)C(C)C)CC1=CC=C1CCC[C@]2(C)[C@@H]([C@H](C)C=O)CC[C@@H]12. The first-order valence-electron chi connectivity index (χ1n) is 14.2. The summed E-state index contributed by atoms with van der Waals surface area (Å²) in [6.07, 6.45) is 15.7. The fraction of sp³-hybridized carbons (Fsp3) is 0.774. The number of carbonyl (C=O) groups is 1. The van der Waals surface area contributed by atoms with Gasteiger partial charge < -0.3 is 9.22 Å². The van der Waals surface area contributed by atoms with Crippen molar-refractivity contribution in [3.05, 3.63) is 35.5 Å². The normalized spacial score (nSPS) is 33.9. The average Bonchev–Trinajstić information content (AvgIpc) is 3.13. The first-order chi connectivity index (χ1) is 16.0. The van der Waals surface area contributed by atoms with Crippen molar-refractivity contribution < 1.29 is 9.22 Å². The highest BCUT2D eigenvalue weighted by atomic mass is 28.4. The Bertz CT molecular complexity index is 782. The molecule has 0 aromatic heterocycles. The molecule has 3 aliphatic carbocycles. The lowest BCUT2D eigenvalue weighted by Crippen LogP contribution is -2.50. The zero-order chi connectivity index (χ0) is 25.3. The predicted octanol–water partition coefficient (Wildman–Crippen LogP) is 9.19. The largest absolute Gasteiger partial charge is 0.413 e. The third-order valence-electron chi connectivity index (χ3n) is 10.1. The van der Waals surface area contributed by atoms with E-state index in [0.29, 0.717) is 34.6 Å². The molecule has 3 fully saturated rings. The summed E-state index contributed by atoms with van der Waals surface area (Å²) in [4.78, 5) is 11.6. The Morgan fingerprint density at radius 1 is 0.971 bits per heavy atom. The van der Waals surface area contributed by atoms with Crippen LogP contribution in [0.5, 0.6) is 0 Å². The van der Waals surface area contributed by atoms with Gasteiger partial charge in [0.05, 0.1) is 0 Å². The van der Waals surface area contributed by atoms with Crippen LogP contribution in [-0.2, 0) is 9.22 Å². The highest BCUT2D eigenvalue weighted by Gasteiger charge is 2.51. The van der Waals surface area contributed by atoms with Gasteiger partial charge in [0, 0.05) is 12.0 Å². The zero-order valence-corrected chi connectivity index (χ0v) is 24.5. The second-order valence-corrected chi connectivity index (χ2v) is 18.3. The van der Waals surface area contributed by atoms with Gasteiger partial charge in [-0.05, 0) is 90.8 Å². The maximum Gasteiger partial charge on any atom is 0.200 e. The minimum absolute atomic E-state index is 0.177. The molecule has 3 saturated carbocycles. The van der Waals surface area contributed by atoms with Crippen molar-refractivity contribution in [2.45, 2.75) is 129 Å². The van der Waals surface area contributed by atoms with Crippen LogP contribution in [0.3, 0.4) is 0 Å². The van der Waals surface area contributed by atoms with Gasteiger partial charge in [0.25, 0.3) is 0 Å². The molecule has 0 aromatic carbocycles. The Kier molecular flexibility index (Phi) is 8.94. The summed E-state index contributed by atoms with van der Waals surface area (Å²) in [5.41, 5.74) is 6.48. The number of hydrogen-bond donors (Lipinski definition) is 0. The zero-order valence-electron chi connectivity index (χ0n) is 23.5. The molecule has 0 aliphatic heterocycles. The monoisotopic (exact) mass is 484 g/mol. The van der Waals surface area contributed by atoms with Gasteiger partial charge in [-0.2, -0.15) is 0 Å². The smallest absolute Gasteiger partial charge is 0.200 e. The van der Waals surface area contributed by atoms with Crippen LogP contribution < -0.4 is 0 Å². The molecule has 0 radical (unpaired) electrons. The standard InChI is InChI=1S/C31H52O2Si/c1-21(2)34(22(3)4,23(5)6)33-28-15-12-24(7)27(19-28)14-13-26-11-10-18-31(9)29(25(8)20-32)16-17-30(26)31/h13-14,20-23,25,28-30H,7,10-12,15-19H2,1-6,8-9H3/t25-,28+,29-,30+,31-/m1/s1. The van der Waals surface area contributed by atoms with Gasteiger partial charge in [-0.15, -0.1) is 0 Å². The molecule has 192 valence electrons. The summed E-state index contributed by atoms with van der Waals surface area (Å²) in [7, 11) is -1.87. The van der Waals surface area contributed by atoms with Gasteiger partial charge in [-0.25, -0.2) is 0 Å². The second kappa shape index (κ2) is 11.0. The molecule has 34 heavy (non-hydrogen) atoms. The van der Waals surface area contributed by atoms with Gasteiger partial charge in [0.1, 0.15) is 6.29 Å². The molecule has 3 rings (SSSR count). The molecule has 0 aromatic rings. The van der Waals surface area contributed by atoms with Crippen LogP contribution in [0.2, 0.25) is 16.6 Å². The van der Waals surface area contributed by atoms with Crippen LogP contribution in [0.25, 0.3) is 0 Å². The molecular weight excluding hydrogens is 432 g/mol. The van der Waals surface area contributed by atoms with Crippen LogP contribution in [0.1, 0.15) is 107 Å². The van der Waals surface area contributed by atoms with Crippen molar-refractivity contribution in [1.82, 2.24) is 0 Å². The fourth-order valence-corrected chi connectivity index (χ4v) is 14.0. The Labute approximate surface area is 211 Å². The summed E-state index contributed by atoms with van der Waals surface area (Å²) in [5, 5.41) is 0. The minimum Gasteiger partial charge on any atom is -0.413 e. The Hall–Kier alpha value is -0.933. The van der Waals surface area contributed by atoms with Crippen LogP contribution in [-0.4, -0.2) is 20.7 Å². The van der Waals surface area contributed by atoms with E-state index in [0.717, 1.165) is 19.3 Å². The quantitative estimate of drug-likeness (QED) is 0.253. The van der Waals surface area contributed by atoms with Gasteiger partial charge in [0.15, 0.2) is 0 Å². The van der Waals surface area contributed by atoms with E-state index in [4.69, 9.17) is 4.43 Å². The van der Waals surface area contributed by atoms with Crippen LogP contribution in [0.15, 0.2) is 35.5 Å². The summed E-state index contributed by atoms with van der Waals surface area (Å²) in [5.74, 6) is 1.35. The van der Waals surface area contributed by atoms with Crippen LogP contribution in [0, 0.1) is 23.2 Å². The van der Waals surface area contributed by atoms with Gasteiger partial charge >= 0.3 is 0 Å². The van der Waals surface area contributed by atoms with Crippen LogP contribution >= 0.6 is 0 Å². The fourth-order valence-electron chi connectivity index (χ4n) is 8.42. The lowest BCUT2D eigenvalue weighted by Gasteiger charge is -2.45. The number of hydrogen-bond acceptors (Lipinski definition) is 2. The van der Waals surface area contributed by atoms with E-state index in [2.05, 4.69) is 74.1 Å².